The van der Waals surface area contributed by atoms with E-state index in [1.165, 1.54) is 41.3 Å². The SMILES string of the molecule is Brc1ccc2[nH]cc(-c3nc4c5cc(Br)ccc5c5ccccc5c4[nH]3)c2c1.Brc1ccc2[nH]cc(-c3nc4c5cc(I)ccc5c5ccccc5c4[nH]3)c2c1.O=C(O)CCC(=O)Nc1ccc2c3ccccc3c3[nH]c(-c4c[nH]c5ccc(Br)cc45)nc3c2c1.S=C(Nc1ccccc1)Nc1ccc(-c2[nH]c(-c3c[nH]c4ccc(Br)cc34)nc2-c2ccccc2)cc1. The highest BCUT2D eigenvalue weighted by Crippen LogP contribution is 2.44. The molecule has 0 atom stereocenters. The third-order valence-electron chi connectivity index (χ3n) is 23.0. The number of carboxylic acid groups (broad SMARTS) is 1. The second-order valence-corrected chi connectivity index (χ2v) is 37.1. The molecule has 0 unspecified atom stereocenters. The molecule has 0 radical (unpaired) electrons. The van der Waals surface area contributed by atoms with Crippen LogP contribution in [0, 0.1) is 3.57 Å². The van der Waals surface area contributed by atoms with Gasteiger partial charge in [-0.05, 0) is 201 Å². The van der Waals surface area contributed by atoms with Gasteiger partial charge in [0.1, 0.15) is 23.3 Å². The fourth-order valence-corrected chi connectivity index (χ4v) is 19.6. The molecule has 12 N–H and O–H groups in total. The van der Waals surface area contributed by atoms with E-state index in [2.05, 4.69) is 322 Å². The van der Waals surface area contributed by atoms with E-state index < -0.39 is 5.97 Å². The largest absolute Gasteiger partial charge is 0.481 e. The van der Waals surface area contributed by atoms with Gasteiger partial charge in [0, 0.05) is 184 Å². The number of aromatic amines is 8. The first-order chi connectivity index (χ1) is 62.5. The molecule has 24 aromatic rings. The lowest BCUT2D eigenvalue weighted by molar-refractivity contribution is -0.138. The standard InChI is InChI=1S/C30H22BrN5S.C27H19BrN4O3.C23H13Br2N3.C23H13BrIN3/c31-21-13-16-26-24(17-21)25(18-32-26)29-35-27(19-7-3-1-4-8-19)28(36-29)20-11-14-23(15-12-20)34-30(37)33-22-9-5-2-6-10-22;28-14-5-8-22-19(11-14)21(13-29-22)27-31-25-18-4-2-1-3-16(18)17-7-6-15(12-20(17)26(25)32-27)30-23(33)9-10-24(34)35;24-12-5-7-15-14-3-1-2-4-16(14)21-22(18(15)10-12)28-23(27-21)19-11-26-20-8-6-13(25)9-17(19)20;24-12-5-8-20-17(9-12)19(11-26-20)23-27-21-16-4-2-1-3-14(16)15-7-6-13(25)10-18(15)22(21)28-23/h1-18,32H,(H,35,36)(H2,33,34,37);1-8,11-13,29H,9-10H2,(H,30,33)(H,31,32)(H,34,35);2*1-11,26H,(H,27,28). The second kappa shape index (κ2) is 34.4. The van der Waals surface area contributed by atoms with Gasteiger partial charge in [-0.1, -0.05) is 231 Å². The maximum atomic E-state index is 12.2. The van der Waals surface area contributed by atoms with Crippen LogP contribution in [0.4, 0.5) is 17.1 Å². The quantitative estimate of drug-likeness (QED) is 0.0312. The normalized spacial score (nSPS) is 11.5. The van der Waals surface area contributed by atoms with Crippen LogP contribution in [-0.4, -0.2) is 81.9 Å². The predicted molar refractivity (Wildman–Crippen MR) is 555 cm³/mol. The molecule has 16 aromatic carbocycles. The van der Waals surface area contributed by atoms with Crippen molar-refractivity contribution in [2.45, 2.75) is 12.8 Å². The van der Waals surface area contributed by atoms with Crippen LogP contribution >= 0.6 is 114 Å². The number of aromatic nitrogens is 12. The lowest BCUT2D eigenvalue weighted by Gasteiger charge is -2.11. The van der Waals surface area contributed by atoms with Gasteiger partial charge in [-0.25, -0.2) is 19.9 Å². The predicted octanol–water partition coefficient (Wildman–Crippen LogP) is 30.0. The number of halogens is 6. The molecule has 8 aromatic heterocycles. The maximum absolute atomic E-state index is 12.2. The van der Waals surface area contributed by atoms with Crippen molar-refractivity contribution in [1.82, 2.24) is 59.8 Å². The number of hydrogen-bond donors (Lipinski definition) is 12. The second-order valence-electron chi connectivity index (χ2n) is 30.9. The van der Waals surface area contributed by atoms with Crippen molar-refractivity contribution < 1.29 is 14.7 Å². The summed E-state index contributed by atoms with van der Waals surface area (Å²) in [4.78, 5) is 71.0. The van der Waals surface area contributed by atoms with Gasteiger partial charge in [0.2, 0.25) is 5.91 Å². The van der Waals surface area contributed by atoms with Gasteiger partial charge in [0.25, 0.3) is 0 Å². The third kappa shape index (κ3) is 15.8. The van der Waals surface area contributed by atoms with Crippen LogP contribution in [0.15, 0.2) is 332 Å². The molecular weight excluding hydrogens is 2050 g/mol. The summed E-state index contributed by atoms with van der Waals surface area (Å²) in [6.07, 6.45) is 7.72. The number of carboxylic acids is 1. The van der Waals surface area contributed by atoms with Crippen LogP contribution in [0.5, 0.6) is 0 Å². The highest BCUT2D eigenvalue weighted by atomic mass is 127. The molecule has 0 aliphatic rings. The van der Waals surface area contributed by atoms with E-state index in [9.17, 15) is 9.59 Å². The summed E-state index contributed by atoms with van der Waals surface area (Å²) in [5.41, 5.74) is 20.7. The fourth-order valence-electron chi connectivity index (χ4n) is 17.1. The molecule has 0 saturated heterocycles. The van der Waals surface area contributed by atoms with Crippen molar-refractivity contribution in [2.75, 3.05) is 16.0 Å². The number of imidazole rings is 4. The highest BCUT2D eigenvalue weighted by Gasteiger charge is 2.24. The highest BCUT2D eigenvalue weighted by molar-refractivity contribution is 14.1. The van der Waals surface area contributed by atoms with Gasteiger partial charge < -0.3 is 60.9 Å². The zero-order valence-corrected chi connectivity index (χ0v) is 78.0. The van der Waals surface area contributed by atoms with E-state index in [1.807, 2.05) is 146 Å². The molecule has 18 nitrogen and oxygen atoms in total. The topological polar surface area (TPSA) is 268 Å². The monoisotopic (exact) mass is 2120 g/mol. The number of anilines is 3. The first-order valence-electron chi connectivity index (χ1n) is 40.8. The zero-order valence-electron chi connectivity index (χ0n) is 67.1. The Morgan fingerprint density at radius 1 is 0.320 bits per heavy atom. The van der Waals surface area contributed by atoms with Crippen LogP contribution in [0.2, 0.25) is 0 Å². The minimum Gasteiger partial charge on any atom is -0.481 e. The lowest BCUT2D eigenvalue weighted by atomic mass is 9.99. The van der Waals surface area contributed by atoms with E-state index in [0.717, 1.165) is 205 Å². The van der Waals surface area contributed by atoms with Crippen LogP contribution in [-0.2, 0) is 9.59 Å². The Balaban J connectivity index is 0.000000104. The summed E-state index contributed by atoms with van der Waals surface area (Å²) >= 11 is 25.8. The summed E-state index contributed by atoms with van der Waals surface area (Å²) < 4.78 is 6.39. The van der Waals surface area contributed by atoms with Gasteiger partial charge in [-0.2, -0.15) is 0 Å². The summed E-state index contributed by atoms with van der Waals surface area (Å²) in [5.74, 6) is 1.98. The number of benzene rings is 16. The molecule has 24 rings (SSSR count). The number of carbonyl (C=O) groups is 2. The van der Waals surface area contributed by atoms with Crippen molar-refractivity contribution in [2.24, 2.45) is 0 Å². The van der Waals surface area contributed by atoms with Crippen LogP contribution in [0.25, 0.3) is 209 Å². The average molecular weight is 2120 g/mol. The Morgan fingerprint density at radius 2 is 0.664 bits per heavy atom. The number of amides is 1. The summed E-state index contributed by atoms with van der Waals surface area (Å²) in [6, 6.07) is 97.0. The number of rotatable bonds is 12. The number of para-hydroxylation sites is 1. The van der Waals surface area contributed by atoms with Crippen molar-refractivity contribution in [3.05, 3.63) is 336 Å². The van der Waals surface area contributed by atoms with Crippen LogP contribution < -0.4 is 16.0 Å². The number of H-pyrrole nitrogens is 8. The van der Waals surface area contributed by atoms with E-state index >= 15 is 0 Å². The Kier molecular flexibility index (Phi) is 22.0. The molecule has 0 aliphatic heterocycles. The van der Waals surface area contributed by atoms with Crippen LogP contribution in [0.3, 0.4) is 0 Å². The van der Waals surface area contributed by atoms with Gasteiger partial charge in [-0.15, -0.1) is 0 Å². The summed E-state index contributed by atoms with van der Waals surface area (Å²) in [7, 11) is 0. The maximum Gasteiger partial charge on any atom is 0.303 e. The average Bonchev–Trinajstić information content (AvgIpc) is 1.78. The first kappa shape index (κ1) is 81.6. The molecule has 0 spiro atoms. The molecule has 620 valence electrons. The van der Waals surface area contributed by atoms with Gasteiger partial charge in [-0.3, -0.25) is 9.59 Å². The number of hydrogen-bond acceptors (Lipinski definition) is 7. The third-order valence-corrected chi connectivity index (χ3v) is 26.3. The Hall–Kier alpha value is -13.4. The molecule has 25 heteroatoms. The van der Waals surface area contributed by atoms with Gasteiger partial charge >= 0.3 is 5.97 Å². The fraction of sp³-hybridized carbons (Fsp3) is 0.0194. The Bertz CT molecular complexity index is 8340. The van der Waals surface area contributed by atoms with E-state index in [0.29, 0.717) is 10.8 Å². The minimum atomic E-state index is -1.000. The zero-order chi connectivity index (χ0) is 87.0. The molecule has 0 aliphatic carbocycles. The Morgan fingerprint density at radius 3 is 1.10 bits per heavy atom. The van der Waals surface area contributed by atoms with E-state index in [4.69, 9.17) is 37.3 Å². The number of nitrogens with one attached hydrogen (secondary N) is 11. The molecule has 1 amide bonds. The molecular formula is C103H67Br5IN15O3S. The number of thiocarbonyl (C=S) groups is 1. The molecule has 0 fully saturated rings. The number of carbonyl (C=O) groups excluding carboxylic acids is 1. The first-order valence-corrected chi connectivity index (χ1v) is 46.3. The van der Waals surface area contributed by atoms with Gasteiger partial charge in [0.15, 0.2) is 5.11 Å². The van der Waals surface area contributed by atoms with Gasteiger partial charge in [0.05, 0.1) is 50.9 Å². The Labute approximate surface area is 789 Å². The summed E-state index contributed by atoms with van der Waals surface area (Å²) in [6.45, 7) is 0. The minimum absolute atomic E-state index is 0.0802. The molecule has 8 heterocycles. The molecule has 128 heavy (non-hydrogen) atoms. The number of nitrogens with zero attached hydrogens (tertiary/aromatic N) is 4. The van der Waals surface area contributed by atoms with Crippen molar-refractivity contribution in [3.63, 3.8) is 0 Å². The van der Waals surface area contributed by atoms with Crippen molar-refractivity contribution >= 4 is 290 Å². The van der Waals surface area contributed by atoms with Crippen molar-refractivity contribution in [3.8, 4) is 68.1 Å². The lowest BCUT2D eigenvalue weighted by Crippen LogP contribution is -2.18. The smallest absolute Gasteiger partial charge is 0.303 e. The van der Waals surface area contributed by atoms with Crippen LogP contribution in [0.1, 0.15) is 12.8 Å². The number of aliphatic carboxylic acids is 1. The van der Waals surface area contributed by atoms with E-state index in [-0.39, 0.29) is 18.7 Å². The molecule has 0 bridgehead atoms. The number of fused-ring (bicyclic) bond motifs is 22. The van der Waals surface area contributed by atoms with Crippen molar-refractivity contribution in [1.29, 1.82) is 0 Å². The molecule has 0 saturated carbocycles. The summed E-state index contributed by atoms with van der Waals surface area (Å²) in [5, 5.41) is 36.8. The van der Waals surface area contributed by atoms with E-state index in [1.54, 1.807) is 0 Å².